The maximum atomic E-state index is 15.6. The van der Waals surface area contributed by atoms with Crippen LogP contribution < -0.4 is 0 Å². The molecule has 2 spiro atoms. The third-order valence-corrected chi connectivity index (χ3v) is 21.4. The summed E-state index contributed by atoms with van der Waals surface area (Å²) in [6.45, 7) is 9.85. The molecule has 2 aromatic carbocycles. The number of aliphatic hydroxyl groups excluding tert-OH is 1. The number of carbonyl (C=O) groups is 1. The van der Waals surface area contributed by atoms with Crippen LogP contribution in [0.1, 0.15) is 102 Å². The van der Waals surface area contributed by atoms with Crippen molar-refractivity contribution in [1.82, 2.24) is 4.31 Å². The first-order valence-electron chi connectivity index (χ1n) is 21.7. The van der Waals surface area contributed by atoms with Crippen molar-refractivity contribution in [2.45, 2.75) is 108 Å². The Bertz CT molecular complexity index is 2260. The predicted octanol–water partition coefficient (Wildman–Crippen LogP) is 9.95. The molecule has 11 atom stereocenters. The van der Waals surface area contributed by atoms with Crippen molar-refractivity contribution in [2.75, 3.05) is 13.1 Å². The minimum absolute atomic E-state index is 0.0330. The van der Waals surface area contributed by atoms with Crippen LogP contribution in [0.5, 0.6) is 0 Å². The SMILES string of the molecule is CC1(C)C2CCC(CN(CC3(O)CCC4C56C=CC7(C=C5C(=O)c5ccccc5-c5ccccc5)CC(O)CCC7(C)C6CCC43C)S(=O)(=O)c3cccs3)C1C2. The Morgan fingerprint density at radius 2 is 1.56 bits per heavy atom. The smallest absolute Gasteiger partial charge is 0.252 e. The number of benzene rings is 2. The maximum Gasteiger partial charge on any atom is 0.252 e. The van der Waals surface area contributed by atoms with Crippen LogP contribution in [0.25, 0.3) is 11.1 Å². The fourth-order valence-electron chi connectivity index (χ4n) is 14.8. The second-order valence-electron chi connectivity index (χ2n) is 20.5. The lowest BCUT2D eigenvalue weighted by molar-refractivity contribution is -0.174. The lowest BCUT2D eigenvalue weighted by Gasteiger charge is -2.71. The fraction of sp³-hybridized carbons (Fsp3) is 0.571. The summed E-state index contributed by atoms with van der Waals surface area (Å²) in [4.78, 5) is 15.6. The summed E-state index contributed by atoms with van der Waals surface area (Å²) in [6.07, 6.45) is 14.9. The molecule has 11 unspecified atom stereocenters. The summed E-state index contributed by atoms with van der Waals surface area (Å²) >= 11 is 1.26. The fourth-order valence-corrected chi connectivity index (χ4v) is 17.5. The molecule has 2 N–H and O–H groups in total. The van der Waals surface area contributed by atoms with Gasteiger partial charge in [-0.15, -0.1) is 11.3 Å². The molecule has 9 aliphatic carbocycles. The molecule has 12 rings (SSSR count). The van der Waals surface area contributed by atoms with Crippen LogP contribution in [0.15, 0.2) is 100 Å². The zero-order valence-electron chi connectivity index (χ0n) is 34.0. The van der Waals surface area contributed by atoms with Crippen LogP contribution >= 0.6 is 11.3 Å². The van der Waals surface area contributed by atoms with Gasteiger partial charge in [0, 0.05) is 40.5 Å². The van der Waals surface area contributed by atoms with Gasteiger partial charge in [-0.3, -0.25) is 4.79 Å². The van der Waals surface area contributed by atoms with Gasteiger partial charge in [-0.2, -0.15) is 4.31 Å². The van der Waals surface area contributed by atoms with E-state index in [2.05, 4.69) is 58.1 Å². The van der Waals surface area contributed by atoms with Crippen LogP contribution in [0.4, 0.5) is 0 Å². The molecule has 3 aromatic rings. The van der Waals surface area contributed by atoms with E-state index >= 15 is 4.79 Å². The van der Waals surface area contributed by atoms with Gasteiger partial charge in [0.05, 0.1) is 11.7 Å². The van der Waals surface area contributed by atoms with E-state index in [4.69, 9.17) is 0 Å². The number of allylic oxidation sites excluding steroid dienone is 4. The van der Waals surface area contributed by atoms with E-state index in [9.17, 15) is 18.6 Å². The molecular weight excluding hydrogens is 747 g/mol. The zero-order valence-corrected chi connectivity index (χ0v) is 35.6. The Labute approximate surface area is 343 Å². The Morgan fingerprint density at radius 3 is 2.30 bits per heavy atom. The molecule has 0 saturated heterocycles. The summed E-state index contributed by atoms with van der Waals surface area (Å²) in [5, 5.41) is 26.4. The monoisotopic (exact) mass is 805 g/mol. The van der Waals surface area contributed by atoms with Gasteiger partial charge in [0.1, 0.15) is 4.21 Å². The predicted molar refractivity (Wildman–Crippen MR) is 226 cm³/mol. The van der Waals surface area contributed by atoms with E-state index in [0.29, 0.717) is 47.4 Å². The molecule has 6 nitrogen and oxygen atoms in total. The second kappa shape index (κ2) is 12.8. The van der Waals surface area contributed by atoms with Gasteiger partial charge in [0.25, 0.3) is 10.0 Å². The largest absolute Gasteiger partial charge is 0.393 e. The molecule has 0 radical (unpaired) electrons. The third kappa shape index (κ3) is 5.15. The number of sulfonamides is 1. The van der Waals surface area contributed by atoms with E-state index < -0.39 is 38.0 Å². The van der Waals surface area contributed by atoms with Crippen molar-refractivity contribution in [3.63, 3.8) is 0 Å². The van der Waals surface area contributed by atoms with Crippen molar-refractivity contribution in [2.24, 2.45) is 56.7 Å². The zero-order chi connectivity index (χ0) is 39.8. The number of aliphatic hydroxyl groups is 2. The van der Waals surface area contributed by atoms with Gasteiger partial charge in [-0.25, -0.2) is 8.42 Å². The molecule has 0 amide bonds. The van der Waals surface area contributed by atoms with Crippen LogP contribution in [-0.4, -0.2) is 53.5 Å². The van der Waals surface area contributed by atoms with Crippen LogP contribution in [0.2, 0.25) is 0 Å². The number of carbonyl (C=O) groups excluding carboxylic acids is 1. The number of Topliss-reactive ketones (excluding diaryl/α,β-unsaturated/α-hetero) is 1. The first-order chi connectivity index (χ1) is 27.1. The number of thiophene rings is 1. The molecule has 6 saturated carbocycles. The molecule has 57 heavy (non-hydrogen) atoms. The summed E-state index contributed by atoms with van der Waals surface area (Å²) in [7, 11) is -3.86. The Balaban J connectivity index is 1.07. The van der Waals surface area contributed by atoms with Gasteiger partial charge in [0.2, 0.25) is 0 Å². The Hall–Kier alpha value is -2.88. The summed E-state index contributed by atoms with van der Waals surface area (Å²) in [5.74, 6) is 1.57. The minimum atomic E-state index is -3.86. The average Bonchev–Trinajstić information content (AvgIpc) is 3.85. The van der Waals surface area contributed by atoms with E-state index in [1.165, 1.54) is 17.8 Å². The summed E-state index contributed by atoms with van der Waals surface area (Å²) < 4.78 is 31.5. The molecule has 302 valence electrons. The number of nitrogens with zero attached hydrogens (tertiary/aromatic N) is 1. The highest BCUT2D eigenvalue weighted by atomic mass is 32.2. The lowest BCUT2D eigenvalue weighted by Crippen LogP contribution is -2.67. The summed E-state index contributed by atoms with van der Waals surface area (Å²) in [5.41, 5.74) is 0.452. The molecule has 8 heteroatoms. The quantitative estimate of drug-likeness (QED) is 0.166. The average molecular weight is 806 g/mol. The molecule has 0 aliphatic heterocycles. The highest BCUT2D eigenvalue weighted by Crippen LogP contribution is 2.78. The van der Waals surface area contributed by atoms with E-state index in [0.717, 1.165) is 55.2 Å². The molecular formula is C49H59NO5S2. The van der Waals surface area contributed by atoms with Gasteiger partial charge in [-0.1, -0.05) is 107 Å². The second-order valence-corrected chi connectivity index (χ2v) is 23.6. The minimum Gasteiger partial charge on any atom is -0.393 e. The first kappa shape index (κ1) is 38.3. The van der Waals surface area contributed by atoms with Gasteiger partial charge in [0.15, 0.2) is 5.78 Å². The van der Waals surface area contributed by atoms with Crippen molar-refractivity contribution in [3.05, 3.63) is 101 Å². The molecule has 9 aliphatic rings. The molecule has 4 bridgehead atoms. The molecule has 1 aromatic heterocycles. The van der Waals surface area contributed by atoms with E-state index in [1.807, 2.05) is 53.9 Å². The number of ketones is 1. The van der Waals surface area contributed by atoms with E-state index in [1.54, 1.807) is 10.4 Å². The number of fused-ring (bicyclic) bond motifs is 3. The van der Waals surface area contributed by atoms with Gasteiger partial charge in [-0.05, 0) is 127 Å². The van der Waals surface area contributed by atoms with E-state index in [-0.39, 0.29) is 40.9 Å². The van der Waals surface area contributed by atoms with Crippen molar-refractivity contribution >= 4 is 27.1 Å². The van der Waals surface area contributed by atoms with Crippen molar-refractivity contribution in [1.29, 1.82) is 0 Å². The summed E-state index contributed by atoms with van der Waals surface area (Å²) in [6, 6.07) is 21.6. The molecule has 1 heterocycles. The van der Waals surface area contributed by atoms with Crippen LogP contribution in [0.3, 0.4) is 0 Å². The Kier molecular flexibility index (Phi) is 8.62. The number of rotatable bonds is 9. The normalized spacial score (nSPS) is 41.1. The number of hydrogen-bond acceptors (Lipinski definition) is 6. The standard InChI is InChI=1S/C49H59NO5S2/c1-44(2)34-17-16-33(38(44)27-34)30-50(57(54,55)42-15-10-26-56-42)31-48(53)23-20-41-46(48,4)22-19-40-45(3)21-18-35(51)28-47(45)24-25-49(40,41)39(29-47)43(52)37-14-9-8-13-36(37)32-11-6-5-7-12-32/h5-15,24-26,29,33-35,38,40-41,51,53H,16-23,27-28,30-31H2,1-4H3. The maximum absolute atomic E-state index is 15.6. The van der Waals surface area contributed by atoms with Crippen molar-refractivity contribution < 1.29 is 23.4 Å². The first-order valence-corrected chi connectivity index (χ1v) is 24.0. The highest BCUT2D eigenvalue weighted by Gasteiger charge is 2.75. The van der Waals surface area contributed by atoms with Crippen LogP contribution in [-0.2, 0) is 10.0 Å². The van der Waals surface area contributed by atoms with Gasteiger partial charge < -0.3 is 10.2 Å². The van der Waals surface area contributed by atoms with Crippen molar-refractivity contribution in [3.8, 4) is 11.1 Å². The van der Waals surface area contributed by atoms with Crippen LogP contribution in [0, 0.1) is 56.7 Å². The topological polar surface area (TPSA) is 94.9 Å². The third-order valence-electron chi connectivity index (χ3n) is 18.2. The van der Waals surface area contributed by atoms with Gasteiger partial charge >= 0.3 is 0 Å². The highest BCUT2D eigenvalue weighted by molar-refractivity contribution is 7.91. The lowest BCUT2D eigenvalue weighted by atomic mass is 9.32. The molecule has 6 fully saturated rings. The number of hydrogen-bond donors (Lipinski definition) is 2. The Morgan fingerprint density at radius 1 is 0.842 bits per heavy atom.